The molecule has 1 aromatic heterocycles. The number of aromatic nitrogens is 2. The molecule has 1 saturated carbocycles. The van der Waals surface area contributed by atoms with Crippen LogP contribution in [0.25, 0.3) is 5.69 Å². The van der Waals surface area contributed by atoms with Crippen LogP contribution in [0.1, 0.15) is 52.5 Å². The van der Waals surface area contributed by atoms with E-state index in [0.29, 0.717) is 39.0 Å². The van der Waals surface area contributed by atoms with E-state index >= 15 is 0 Å². The van der Waals surface area contributed by atoms with Gasteiger partial charge in [0.15, 0.2) is 0 Å². The fraction of sp³-hybridized carbons (Fsp3) is 0.407. The Bertz CT molecular complexity index is 1290. The van der Waals surface area contributed by atoms with Gasteiger partial charge in [-0.3, -0.25) is 10.2 Å². The van der Waals surface area contributed by atoms with Gasteiger partial charge >= 0.3 is 0 Å². The molecule has 5 nitrogen and oxygen atoms in total. The first-order valence-electron chi connectivity index (χ1n) is 12.4. The van der Waals surface area contributed by atoms with E-state index in [1.54, 1.807) is 28.6 Å². The van der Waals surface area contributed by atoms with E-state index in [-0.39, 0.29) is 17.6 Å². The molecule has 6 rings (SSSR count). The summed E-state index contributed by atoms with van der Waals surface area (Å²) in [5, 5.41) is 8.03. The van der Waals surface area contributed by atoms with Crippen molar-refractivity contribution in [3.8, 4) is 5.69 Å². The third-order valence-electron chi connectivity index (χ3n) is 7.70. The van der Waals surface area contributed by atoms with Crippen molar-refractivity contribution in [1.29, 1.82) is 0 Å². The van der Waals surface area contributed by atoms with Gasteiger partial charge in [-0.15, -0.1) is 0 Å². The summed E-state index contributed by atoms with van der Waals surface area (Å²) in [5.41, 5.74) is 7.24. The van der Waals surface area contributed by atoms with Crippen molar-refractivity contribution in [3.05, 3.63) is 80.8 Å². The first-order chi connectivity index (χ1) is 17.5. The Morgan fingerprint density at radius 3 is 2.58 bits per heavy atom. The lowest BCUT2D eigenvalue weighted by molar-refractivity contribution is 0.0805. The fourth-order valence-electron chi connectivity index (χ4n) is 5.96. The second kappa shape index (κ2) is 10.0. The van der Waals surface area contributed by atoms with Gasteiger partial charge < -0.3 is 0 Å². The molecule has 9 heteroatoms. The molecule has 3 aromatic rings. The lowest BCUT2D eigenvalue weighted by atomic mass is 9.94. The van der Waals surface area contributed by atoms with Crippen molar-refractivity contribution >= 4 is 40.9 Å². The summed E-state index contributed by atoms with van der Waals surface area (Å²) in [4.78, 5) is 13.8. The number of carbonyl (C=O) groups excluding carboxylic acids is 1. The number of hydrogen-bond donors (Lipinski definition) is 1. The van der Waals surface area contributed by atoms with Crippen molar-refractivity contribution in [1.82, 2.24) is 20.2 Å². The van der Waals surface area contributed by atoms with Gasteiger partial charge in [0.1, 0.15) is 11.5 Å². The third kappa shape index (κ3) is 4.67. The lowest BCUT2D eigenvalue weighted by Gasteiger charge is -2.22. The van der Waals surface area contributed by atoms with Crippen LogP contribution in [0, 0.1) is 17.7 Å². The van der Waals surface area contributed by atoms with E-state index < -0.39 is 0 Å². The highest BCUT2D eigenvalue weighted by Gasteiger charge is 2.38. The summed E-state index contributed by atoms with van der Waals surface area (Å²) in [5.74, 6) is 2.63. The molecule has 1 saturated heterocycles. The Balaban J connectivity index is 1.36. The van der Waals surface area contributed by atoms with Crippen LogP contribution in [-0.2, 0) is 12.2 Å². The smallest absolute Gasteiger partial charge is 0.283 e. The fourth-order valence-corrected chi connectivity index (χ4v) is 7.62. The number of hydrogen-bond acceptors (Lipinski definition) is 4. The molecule has 0 bridgehead atoms. The molecule has 0 radical (unpaired) electrons. The molecule has 2 aliphatic heterocycles. The number of rotatable bonds is 5. The summed E-state index contributed by atoms with van der Waals surface area (Å²) in [6, 6.07) is 11.9. The van der Waals surface area contributed by atoms with Crippen molar-refractivity contribution in [2.24, 2.45) is 11.8 Å². The lowest BCUT2D eigenvalue weighted by Crippen LogP contribution is -2.42. The number of nitrogens with one attached hydrogen (secondary N) is 1. The Hall–Kier alpha value is -2.06. The molecule has 3 aliphatic rings. The predicted molar refractivity (Wildman–Crippen MR) is 142 cm³/mol. The second-order valence-electron chi connectivity index (χ2n) is 10.1. The van der Waals surface area contributed by atoms with E-state index in [0.717, 1.165) is 42.1 Å². The maximum absolute atomic E-state index is 13.8. The molecular formula is C27H27Cl2FN4OS. The van der Waals surface area contributed by atoms with Crippen LogP contribution in [0.3, 0.4) is 0 Å². The van der Waals surface area contributed by atoms with E-state index in [1.165, 1.54) is 31.4 Å². The first kappa shape index (κ1) is 24.3. The average Bonchev–Trinajstić information content (AvgIpc) is 3.54. The van der Waals surface area contributed by atoms with Crippen LogP contribution < -0.4 is 5.43 Å². The van der Waals surface area contributed by atoms with Crippen LogP contribution >= 0.6 is 35.0 Å². The molecule has 2 fully saturated rings. The van der Waals surface area contributed by atoms with Gasteiger partial charge in [-0.25, -0.2) is 14.1 Å². The van der Waals surface area contributed by atoms with E-state index in [2.05, 4.69) is 10.4 Å². The van der Waals surface area contributed by atoms with Gasteiger partial charge in [0.2, 0.25) is 0 Å². The minimum atomic E-state index is -0.246. The molecule has 1 amide bonds. The summed E-state index contributed by atoms with van der Waals surface area (Å²) in [6.07, 6.45) is 4.50. The minimum absolute atomic E-state index is 0.106. The molecule has 3 atom stereocenters. The maximum Gasteiger partial charge on any atom is 0.284 e. The van der Waals surface area contributed by atoms with Gasteiger partial charge in [-0.1, -0.05) is 41.8 Å². The van der Waals surface area contributed by atoms with Gasteiger partial charge in [0, 0.05) is 41.1 Å². The second-order valence-corrected chi connectivity index (χ2v) is 11.9. The molecule has 1 aliphatic carbocycles. The monoisotopic (exact) mass is 544 g/mol. The average molecular weight is 546 g/mol. The molecule has 1 N–H and O–H groups in total. The zero-order valence-electron chi connectivity index (χ0n) is 19.7. The van der Waals surface area contributed by atoms with Crippen LogP contribution in [0.2, 0.25) is 10.0 Å². The highest BCUT2D eigenvalue weighted by molar-refractivity contribution is 7.98. The number of halogens is 3. The Labute approximate surface area is 224 Å². The van der Waals surface area contributed by atoms with Crippen LogP contribution in [0.15, 0.2) is 42.5 Å². The van der Waals surface area contributed by atoms with Crippen LogP contribution in [0.5, 0.6) is 0 Å². The van der Waals surface area contributed by atoms with E-state index in [9.17, 15) is 9.18 Å². The number of amides is 1. The summed E-state index contributed by atoms with van der Waals surface area (Å²) in [6.45, 7) is 1.80. The third-order valence-corrected chi connectivity index (χ3v) is 9.37. The SMILES string of the molecule is O=C(NN1CC2CCCC2C1)c1c2c(nn1-c1ccc(Cl)cc1Cl)C(Cc1ccc(F)cc1)CSC2. The topological polar surface area (TPSA) is 50.2 Å². The quantitative estimate of drug-likeness (QED) is 0.411. The molecular weight excluding hydrogens is 518 g/mol. The highest BCUT2D eigenvalue weighted by Crippen LogP contribution is 2.40. The predicted octanol–water partition coefficient (Wildman–Crippen LogP) is 6.27. The number of fused-ring (bicyclic) bond motifs is 2. The standard InChI is InChI=1S/C27H27Cl2FN4OS/c28-20-6-9-24(23(29)11-20)34-26(27(35)32-33-12-17-2-1-3-18(17)13-33)22-15-36-14-19(25(22)31-34)10-16-4-7-21(30)8-5-16/h4-9,11,17-19H,1-3,10,12-15H2,(H,32,35). The summed E-state index contributed by atoms with van der Waals surface area (Å²) in [7, 11) is 0. The Morgan fingerprint density at radius 1 is 1.11 bits per heavy atom. The van der Waals surface area contributed by atoms with Crippen LogP contribution in [0.4, 0.5) is 4.39 Å². The zero-order valence-corrected chi connectivity index (χ0v) is 22.1. The van der Waals surface area contributed by atoms with Gasteiger partial charge in [0.25, 0.3) is 5.91 Å². The number of benzene rings is 2. The van der Waals surface area contributed by atoms with Gasteiger partial charge in [0.05, 0.1) is 16.4 Å². The van der Waals surface area contributed by atoms with Crippen molar-refractivity contribution in [2.75, 3.05) is 18.8 Å². The van der Waals surface area contributed by atoms with Crippen molar-refractivity contribution in [3.63, 3.8) is 0 Å². The van der Waals surface area contributed by atoms with Crippen LogP contribution in [-0.4, -0.2) is 39.5 Å². The normalized spacial score (nSPS) is 23.5. The molecule has 188 valence electrons. The first-order valence-corrected chi connectivity index (χ1v) is 14.3. The van der Waals surface area contributed by atoms with Crippen molar-refractivity contribution in [2.45, 2.75) is 37.4 Å². The number of thioether (sulfide) groups is 1. The largest absolute Gasteiger partial charge is 0.284 e. The van der Waals surface area contributed by atoms with Gasteiger partial charge in [-0.2, -0.15) is 16.9 Å². The van der Waals surface area contributed by atoms with E-state index in [1.807, 2.05) is 18.2 Å². The maximum atomic E-state index is 13.8. The van der Waals surface area contributed by atoms with E-state index in [4.69, 9.17) is 28.3 Å². The number of hydrazine groups is 1. The molecule has 2 aromatic carbocycles. The van der Waals surface area contributed by atoms with Crippen molar-refractivity contribution < 1.29 is 9.18 Å². The Morgan fingerprint density at radius 2 is 1.86 bits per heavy atom. The molecule has 3 unspecified atom stereocenters. The summed E-state index contributed by atoms with van der Waals surface area (Å²) < 4.78 is 15.1. The Kier molecular flexibility index (Phi) is 6.75. The number of nitrogens with zero attached hydrogens (tertiary/aromatic N) is 3. The van der Waals surface area contributed by atoms with Gasteiger partial charge in [-0.05, 0) is 67.0 Å². The molecule has 0 spiro atoms. The summed E-state index contributed by atoms with van der Waals surface area (Å²) >= 11 is 14.6. The molecule has 36 heavy (non-hydrogen) atoms. The molecule has 3 heterocycles. The number of carbonyl (C=O) groups is 1. The zero-order chi connectivity index (χ0) is 24.8. The minimum Gasteiger partial charge on any atom is -0.283 e. The highest BCUT2D eigenvalue weighted by atomic mass is 35.5.